The van der Waals surface area contributed by atoms with E-state index in [2.05, 4.69) is 35.4 Å². The second-order valence-corrected chi connectivity index (χ2v) is 4.97. The van der Waals surface area contributed by atoms with E-state index in [4.69, 9.17) is 4.74 Å². The molecule has 1 aliphatic heterocycles. The molecule has 1 aliphatic rings. The van der Waals surface area contributed by atoms with Gasteiger partial charge in [-0.05, 0) is 42.8 Å². The molecule has 0 N–H and O–H groups in total. The van der Waals surface area contributed by atoms with Gasteiger partial charge < -0.3 is 4.74 Å². The van der Waals surface area contributed by atoms with Crippen LogP contribution in [0.5, 0.6) is 5.75 Å². The SMILES string of the molecule is COc1ccc(C2=CC(C)(c3ccccc3)N=N2)cc1. The van der Waals surface area contributed by atoms with Crippen molar-refractivity contribution in [3.05, 3.63) is 71.8 Å². The van der Waals surface area contributed by atoms with E-state index < -0.39 is 0 Å². The molecule has 0 aromatic heterocycles. The summed E-state index contributed by atoms with van der Waals surface area (Å²) in [4.78, 5) is 0. The molecule has 20 heavy (non-hydrogen) atoms. The lowest BCUT2D eigenvalue weighted by Gasteiger charge is -2.16. The predicted octanol–water partition coefficient (Wildman–Crippen LogP) is 4.42. The van der Waals surface area contributed by atoms with Gasteiger partial charge in [-0.2, -0.15) is 10.2 Å². The molecule has 1 heterocycles. The molecular weight excluding hydrogens is 248 g/mol. The Bertz CT molecular complexity index is 659. The van der Waals surface area contributed by atoms with Crippen molar-refractivity contribution in [1.29, 1.82) is 0 Å². The second-order valence-electron chi connectivity index (χ2n) is 4.97. The molecule has 0 aliphatic carbocycles. The normalized spacial score (nSPS) is 20.8. The highest BCUT2D eigenvalue weighted by Gasteiger charge is 2.28. The van der Waals surface area contributed by atoms with Crippen molar-refractivity contribution in [2.24, 2.45) is 10.2 Å². The molecule has 0 fully saturated rings. The Morgan fingerprint density at radius 3 is 2.30 bits per heavy atom. The first-order valence-corrected chi connectivity index (χ1v) is 6.57. The monoisotopic (exact) mass is 264 g/mol. The summed E-state index contributed by atoms with van der Waals surface area (Å²) in [6.07, 6.45) is 2.10. The van der Waals surface area contributed by atoms with Gasteiger partial charge in [-0.15, -0.1) is 0 Å². The number of hydrogen-bond donors (Lipinski definition) is 0. The van der Waals surface area contributed by atoms with E-state index in [1.54, 1.807) is 7.11 Å². The number of methoxy groups -OCH3 is 1. The van der Waals surface area contributed by atoms with Crippen LogP contribution < -0.4 is 4.74 Å². The standard InChI is InChI=1S/C17H16N2O/c1-17(14-6-4-3-5-7-14)12-16(18-19-17)13-8-10-15(20-2)11-9-13/h3-12H,1-2H3. The largest absolute Gasteiger partial charge is 0.497 e. The van der Waals surface area contributed by atoms with E-state index in [1.165, 1.54) is 0 Å². The van der Waals surface area contributed by atoms with Gasteiger partial charge in [0, 0.05) is 5.56 Å². The summed E-state index contributed by atoms with van der Waals surface area (Å²) < 4.78 is 5.17. The van der Waals surface area contributed by atoms with Crippen molar-refractivity contribution in [3.63, 3.8) is 0 Å². The third-order valence-corrected chi connectivity index (χ3v) is 3.53. The molecule has 0 bridgehead atoms. The van der Waals surface area contributed by atoms with Gasteiger partial charge in [-0.25, -0.2) is 0 Å². The quantitative estimate of drug-likeness (QED) is 0.808. The average Bonchev–Trinajstić information content (AvgIpc) is 2.92. The van der Waals surface area contributed by atoms with E-state index in [-0.39, 0.29) is 5.54 Å². The average molecular weight is 264 g/mol. The molecule has 0 spiro atoms. The summed E-state index contributed by atoms with van der Waals surface area (Å²) in [5.74, 6) is 0.843. The Kier molecular flexibility index (Phi) is 3.11. The zero-order chi connectivity index (χ0) is 14.0. The number of ether oxygens (including phenoxy) is 1. The zero-order valence-electron chi connectivity index (χ0n) is 11.6. The van der Waals surface area contributed by atoms with Crippen LogP contribution in [0.4, 0.5) is 0 Å². The van der Waals surface area contributed by atoms with Crippen LogP contribution in [0.3, 0.4) is 0 Å². The molecule has 1 atom stereocenters. The van der Waals surface area contributed by atoms with Crippen LogP contribution in [0.2, 0.25) is 0 Å². The summed E-state index contributed by atoms with van der Waals surface area (Å²) in [6, 6.07) is 18.1. The van der Waals surface area contributed by atoms with Crippen LogP contribution in [-0.2, 0) is 5.54 Å². The maximum atomic E-state index is 5.17. The molecule has 3 rings (SSSR count). The van der Waals surface area contributed by atoms with Crippen molar-refractivity contribution >= 4 is 5.70 Å². The Labute approximate surface area is 118 Å². The number of benzene rings is 2. The first kappa shape index (κ1) is 12.6. The Morgan fingerprint density at radius 1 is 0.950 bits per heavy atom. The molecule has 0 saturated carbocycles. The summed E-state index contributed by atoms with van der Waals surface area (Å²) >= 11 is 0. The Morgan fingerprint density at radius 2 is 1.65 bits per heavy atom. The lowest BCUT2D eigenvalue weighted by atomic mass is 9.92. The van der Waals surface area contributed by atoms with Gasteiger partial charge in [0.15, 0.2) is 0 Å². The van der Waals surface area contributed by atoms with Crippen molar-refractivity contribution in [3.8, 4) is 5.75 Å². The van der Waals surface area contributed by atoms with Crippen molar-refractivity contribution in [2.45, 2.75) is 12.5 Å². The van der Waals surface area contributed by atoms with Gasteiger partial charge >= 0.3 is 0 Å². The lowest BCUT2D eigenvalue weighted by molar-refractivity contribution is 0.415. The molecule has 100 valence electrons. The maximum Gasteiger partial charge on any atom is 0.125 e. The summed E-state index contributed by atoms with van der Waals surface area (Å²) in [5, 5.41) is 8.78. The molecular formula is C17H16N2O. The molecule has 2 aromatic carbocycles. The van der Waals surface area contributed by atoms with Gasteiger partial charge in [0.1, 0.15) is 11.3 Å². The molecule has 0 amide bonds. The fourth-order valence-electron chi connectivity index (χ4n) is 2.30. The number of hydrogen-bond acceptors (Lipinski definition) is 3. The third-order valence-electron chi connectivity index (χ3n) is 3.53. The van der Waals surface area contributed by atoms with Crippen LogP contribution in [0.1, 0.15) is 18.1 Å². The molecule has 0 saturated heterocycles. The van der Waals surface area contributed by atoms with Crippen LogP contribution >= 0.6 is 0 Å². The van der Waals surface area contributed by atoms with E-state index >= 15 is 0 Å². The molecule has 1 unspecified atom stereocenters. The van der Waals surface area contributed by atoms with E-state index in [0.29, 0.717) is 0 Å². The summed E-state index contributed by atoms with van der Waals surface area (Å²) in [5.41, 5.74) is 2.72. The minimum atomic E-state index is -0.378. The number of nitrogens with zero attached hydrogens (tertiary/aromatic N) is 2. The Hall–Kier alpha value is -2.42. The van der Waals surface area contributed by atoms with Crippen molar-refractivity contribution in [2.75, 3.05) is 7.11 Å². The van der Waals surface area contributed by atoms with Gasteiger partial charge in [-0.1, -0.05) is 30.3 Å². The van der Waals surface area contributed by atoms with Crippen molar-refractivity contribution in [1.82, 2.24) is 0 Å². The lowest BCUT2D eigenvalue weighted by Crippen LogP contribution is -2.12. The summed E-state index contributed by atoms with van der Waals surface area (Å²) in [7, 11) is 1.66. The van der Waals surface area contributed by atoms with Crippen molar-refractivity contribution < 1.29 is 4.74 Å². The highest BCUT2D eigenvalue weighted by molar-refractivity contribution is 5.68. The predicted molar refractivity (Wildman–Crippen MR) is 79.6 cm³/mol. The van der Waals surface area contributed by atoms with E-state index in [1.807, 2.05) is 42.5 Å². The van der Waals surface area contributed by atoms with Gasteiger partial charge in [0.25, 0.3) is 0 Å². The van der Waals surface area contributed by atoms with Gasteiger partial charge in [-0.3, -0.25) is 0 Å². The molecule has 2 aromatic rings. The fraction of sp³-hybridized carbons (Fsp3) is 0.176. The van der Waals surface area contributed by atoms with E-state index in [9.17, 15) is 0 Å². The second kappa shape index (κ2) is 4.93. The minimum absolute atomic E-state index is 0.378. The molecule has 3 heteroatoms. The van der Waals surface area contributed by atoms with Crippen LogP contribution in [0.25, 0.3) is 5.70 Å². The third kappa shape index (κ3) is 2.23. The van der Waals surface area contributed by atoms with E-state index in [0.717, 1.165) is 22.6 Å². The first-order valence-electron chi connectivity index (χ1n) is 6.57. The minimum Gasteiger partial charge on any atom is -0.497 e. The van der Waals surface area contributed by atoms with Gasteiger partial charge in [0.05, 0.1) is 12.8 Å². The zero-order valence-corrected chi connectivity index (χ0v) is 11.6. The molecule has 0 radical (unpaired) electrons. The fourth-order valence-corrected chi connectivity index (χ4v) is 2.30. The van der Waals surface area contributed by atoms with Crippen LogP contribution in [0, 0.1) is 0 Å². The smallest absolute Gasteiger partial charge is 0.125 e. The Balaban J connectivity index is 1.93. The highest BCUT2D eigenvalue weighted by atomic mass is 16.5. The van der Waals surface area contributed by atoms with Crippen LogP contribution in [-0.4, -0.2) is 7.11 Å². The number of azo groups is 1. The highest BCUT2D eigenvalue weighted by Crippen LogP contribution is 2.37. The molecule has 3 nitrogen and oxygen atoms in total. The van der Waals surface area contributed by atoms with Gasteiger partial charge in [0.2, 0.25) is 0 Å². The maximum absolute atomic E-state index is 5.17. The van der Waals surface area contributed by atoms with Crippen LogP contribution in [0.15, 0.2) is 70.9 Å². The first-order chi connectivity index (χ1) is 9.71. The number of rotatable bonds is 3. The summed E-state index contributed by atoms with van der Waals surface area (Å²) in [6.45, 7) is 2.07. The topological polar surface area (TPSA) is 34.0 Å².